The lowest BCUT2D eigenvalue weighted by Crippen LogP contribution is -2.49. The summed E-state index contributed by atoms with van der Waals surface area (Å²) in [6.45, 7) is -0.0585. The Morgan fingerprint density at radius 3 is 2.90 bits per heavy atom. The summed E-state index contributed by atoms with van der Waals surface area (Å²) in [7, 11) is 3.16. The molecule has 5 heteroatoms. The van der Waals surface area contributed by atoms with Gasteiger partial charge in [-0.05, 0) is 26.0 Å². The number of hydrogen-bond acceptors (Lipinski definition) is 5. The van der Waals surface area contributed by atoms with Crippen molar-refractivity contribution in [3.63, 3.8) is 0 Å². The van der Waals surface area contributed by atoms with E-state index in [1.54, 1.807) is 7.05 Å². The SMILES string of the molecule is CNC1(C(=O)OC)CCC(Oc2ccccc2CO)C1. The summed E-state index contributed by atoms with van der Waals surface area (Å²) in [4.78, 5) is 11.9. The Morgan fingerprint density at radius 2 is 2.25 bits per heavy atom. The molecule has 2 atom stereocenters. The number of aliphatic hydroxyl groups is 1. The average molecular weight is 279 g/mol. The second kappa shape index (κ2) is 6.24. The van der Waals surface area contributed by atoms with E-state index in [2.05, 4.69) is 5.32 Å². The van der Waals surface area contributed by atoms with Crippen LogP contribution in [0.15, 0.2) is 24.3 Å². The van der Waals surface area contributed by atoms with Crippen molar-refractivity contribution < 1.29 is 19.4 Å². The molecular weight excluding hydrogens is 258 g/mol. The van der Waals surface area contributed by atoms with E-state index in [4.69, 9.17) is 9.47 Å². The lowest BCUT2D eigenvalue weighted by atomic mass is 9.98. The second-order valence-electron chi connectivity index (χ2n) is 5.07. The van der Waals surface area contributed by atoms with Crippen LogP contribution in [0.5, 0.6) is 5.75 Å². The van der Waals surface area contributed by atoms with Crippen molar-refractivity contribution >= 4 is 5.97 Å². The smallest absolute Gasteiger partial charge is 0.326 e. The van der Waals surface area contributed by atoms with Gasteiger partial charge in [0.1, 0.15) is 17.4 Å². The van der Waals surface area contributed by atoms with Crippen molar-refractivity contribution in [2.45, 2.75) is 37.5 Å². The molecule has 0 heterocycles. The Labute approximate surface area is 118 Å². The van der Waals surface area contributed by atoms with Crippen LogP contribution in [0.25, 0.3) is 0 Å². The second-order valence-corrected chi connectivity index (χ2v) is 5.07. The number of nitrogens with one attached hydrogen (secondary N) is 1. The molecule has 1 aromatic carbocycles. The number of rotatable bonds is 5. The van der Waals surface area contributed by atoms with Gasteiger partial charge in [-0.1, -0.05) is 18.2 Å². The number of ether oxygens (including phenoxy) is 2. The molecule has 0 bridgehead atoms. The minimum absolute atomic E-state index is 0.0585. The number of carbonyl (C=O) groups is 1. The van der Waals surface area contributed by atoms with E-state index in [0.29, 0.717) is 18.6 Å². The van der Waals surface area contributed by atoms with Gasteiger partial charge in [-0.3, -0.25) is 4.79 Å². The fourth-order valence-electron chi connectivity index (χ4n) is 2.74. The van der Waals surface area contributed by atoms with Gasteiger partial charge in [0.05, 0.1) is 13.7 Å². The van der Waals surface area contributed by atoms with Crippen molar-refractivity contribution in [2.24, 2.45) is 0 Å². The molecule has 1 aliphatic carbocycles. The number of aliphatic hydroxyl groups excluding tert-OH is 1. The summed E-state index contributed by atoms with van der Waals surface area (Å²) in [5, 5.41) is 12.4. The lowest BCUT2D eigenvalue weighted by molar-refractivity contribution is -0.148. The number of methoxy groups -OCH3 is 1. The van der Waals surface area contributed by atoms with Gasteiger partial charge in [-0.25, -0.2) is 0 Å². The van der Waals surface area contributed by atoms with Gasteiger partial charge in [0.15, 0.2) is 0 Å². The highest BCUT2D eigenvalue weighted by Gasteiger charge is 2.46. The van der Waals surface area contributed by atoms with Crippen LogP contribution >= 0.6 is 0 Å². The third-order valence-electron chi connectivity index (χ3n) is 3.96. The van der Waals surface area contributed by atoms with Crippen LogP contribution in [0.3, 0.4) is 0 Å². The van der Waals surface area contributed by atoms with Crippen LogP contribution in [0.1, 0.15) is 24.8 Å². The van der Waals surface area contributed by atoms with Crippen LogP contribution in [0.4, 0.5) is 0 Å². The van der Waals surface area contributed by atoms with Crippen molar-refractivity contribution in [1.29, 1.82) is 0 Å². The van der Waals surface area contributed by atoms with Gasteiger partial charge in [0.2, 0.25) is 0 Å². The van der Waals surface area contributed by atoms with Gasteiger partial charge >= 0.3 is 5.97 Å². The predicted molar refractivity (Wildman–Crippen MR) is 74.4 cm³/mol. The summed E-state index contributed by atoms with van der Waals surface area (Å²) in [5.74, 6) is 0.429. The normalized spacial score (nSPS) is 25.4. The molecule has 20 heavy (non-hydrogen) atoms. The van der Waals surface area contributed by atoms with Crippen molar-refractivity contribution in [2.75, 3.05) is 14.2 Å². The molecule has 1 saturated carbocycles. The molecule has 0 aromatic heterocycles. The lowest BCUT2D eigenvalue weighted by Gasteiger charge is -2.25. The van der Waals surface area contributed by atoms with E-state index >= 15 is 0 Å². The standard InChI is InChI=1S/C15H21NO4/c1-16-15(14(18)19-2)8-7-12(9-15)20-13-6-4-3-5-11(13)10-17/h3-6,12,16-17H,7-10H2,1-2H3. The van der Waals surface area contributed by atoms with E-state index in [-0.39, 0.29) is 18.7 Å². The topological polar surface area (TPSA) is 67.8 Å². The molecule has 0 aliphatic heterocycles. The van der Waals surface area contributed by atoms with E-state index in [9.17, 15) is 9.90 Å². The van der Waals surface area contributed by atoms with Gasteiger partial charge in [-0.2, -0.15) is 0 Å². The Kier molecular flexibility index (Phi) is 4.62. The fourth-order valence-corrected chi connectivity index (χ4v) is 2.74. The van der Waals surface area contributed by atoms with Crippen LogP contribution < -0.4 is 10.1 Å². The molecule has 2 N–H and O–H groups in total. The maximum absolute atomic E-state index is 11.9. The van der Waals surface area contributed by atoms with E-state index in [0.717, 1.165) is 12.0 Å². The summed E-state index contributed by atoms with van der Waals surface area (Å²) < 4.78 is 10.8. The Balaban J connectivity index is 2.08. The molecule has 0 spiro atoms. The van der Waals surface area contributed by atoms with Crippen molar-refractivity contribution in [1.82, 2.24) is 5.32 Å². The Morgan fingerprint density at radius 1 is 1.50 bits per heavy atom. The summed E-state index contributed by atoms with van der Waals surface area (Å²) in [6, 6.07) is 7.40. The number of likely N-dealkylation sites (N-methyl/N-ethyl adjacent to an activating group) is 1. The quantitative estimate of drug-likeness (QED) is 0.794. The molecule has 1 aliphatic rings. The zero-order valence-electron chi connectivity index (χ0n) is 11.9. The summed E-state index contributed by atoms with van der Waals surface area (Å²) >= 11 is 0. The van der Waals surface area contributed by atoms with Gasteiger partial charge in [-0.15, -0.1) is 0 Å². The van der Waals surface area contributed by atoms with E-state index < -0.39 is 5.54 Å². The maximum Gasteiger partial charge on any atom is 0.326 e. The number of para-hydroxylation sites is 1. The summed E-state index contributed by atoms with van der Waals surface area (Å²) in [5.41, 5.74) is 0.0978. The van der Waals surface area contributed by atoms with Gasteiger partial charge < -0.3 is 19.9 Å². The maximum atomic E-state index is 11.9. The monoisotopic (exact) mass is 279 g/mol. The predicted octanol–water partition coefficient (Wildman–Crippen LogP) is 1.24. The van der Waals surface area contributed by atoms with Crippen LogP contribution in [-0.2, 0) is 16.1 Å². The molecule has 0 radical (unpaired) electrons. The first-order valence-corrected chi connectivity index (χ1v) is 6.78. The first-order chi connectivity index (χ1) is 9.65. The zero-order chi connectivity index (χ0) is 14.6. The average Bonchev–Trinajstić information content (AvgIpc) is 2.91. The van der Waals surface area contributed by atoms with Crippen LogP contribution in [0, 0.1) is 0 Å². The summed E-state index contributed by atoms with van der Waals surface area (Å²) in [6.07, 6.45) is 1.96. The highest BCUT2D eigenvalue weighted by Crippen LogP contribution is 2.34. The molecule has 0 saturated heterocycles. The molecule has 5 nitrogen and oxygen atoms in total. The fraction of sp³-hybridized carbons (Fsp3) is 0.533. The number of hydrogen-bond donors (Lipinski definition) is 2. The van der Waals surface area contributed by atoms with Crippen LogP contribution in [-0.4, -0.2) is 36.9 Å². The van der Waals surface area contributed by atoms with E-state index in [1.807, 2.05) is 24.3 Å². The molecule has 0 amide bonds. The first kappa shape index (κ1) is 14.8. The third kappa shape index (κ3) is 2.78. The van der Waals surface area contributed by atoms with Crippen molar-refractivity contribution in [3.8, 4) is 5.75 Å². The molecule has 110 valence electrons. The number of carbonyl (C=O) groups excluding carboxylic acids is 1. The minimum atomic E-state index is -0.659. The van der Waals surface area contributed by atoms with E-state index in [1.165, 1.54) is 7.11 Å². The first-order valence-electron chi connectivity index (χ1n) is 6.78. The van der Waals surface area contributed by atoms with Crippen molar-refractivity contribution in [3.05, 3.63) is 29.8 Å². The van der Waals surface area contributed by atoms with Gasteiger partial charge in [0, 0.05) is 12.0 Å². The highest BCUT2D eigenvalue weighted by atomic mass is 16.5. The highest BCUT2D eigenvalue weighted by molar-refractivity contribution is 5.81. The molecule has 1 fully saturated rings. The van der Waals surface area contributed by atoms with Crippen LogP contribution in [0.2, 0.25) is 0 Å². The molecular formula is C15H21NO4. The van der Waals surface area contributed by atoms with Gasteiger partial charge in [0.25, 0.3) is 0 Å². The largest absolute Gasteiger partial charge is 0.490 e. The minimum Gasteiger partial charge on any atom is -0.490 e. The molecule has 2 unspecified atom stereocenters. The molecule has 2 rings (SSSR count). The third-order valence-corrected chi connectivity index (χ3v) is 3.96. The Hall–Kier alpha value is -1.59. The zero-order valence-corrected chi connectivity index (χ0v) is 11.9. The Bertz CT molecular complexity index is 477. The molecule has 1 aromatic rings. The number of benzene rings is 1. The number of esters is 1.